The van der Waals surface area contributed by atoms with E-state index in [9.17, 15) is 0 Å². The minimum Gasteiger partial charge on any atom is -0.385 e. The van der Waals surface area contributed by atoms with Crippen molar-refractivity contribution in [1.82, 2.24) is 29.4 Å². The van der Waals surface area contributed by atoms with Crippen LogP contribution in [-0.2, 0) is 12.5 Å². The van der Waals surface area contributed by atoms with Gasteiger partial charge in [-0.25, -0.2) is 4.52 Å². The zero-order valence-corrected chi connectivity index (χ0v) is 16.1. The lowest BCUT2D eigenvalue weighted by Crippen LogP contribution is -2.28. The monoisotopic (exact) mass is 374 g/mol. The SMILES string of the molecule is Cn1cc(-c2nccn3nc(Nc4ccc5c(c4)NCCC5(C)C)nc23)cn1. The number of nitrogens with zero attached hydrogens (tertiary/aromatic N) is 6. The predicted molar refractivity (Wildman–Crippen MR) is 109 cm³/mol. The van der Waals surface area contributed by atoms with Crippen molar-refractivity contribution in [2.24, 2.45) is 7.05 Å². The van der Waals surface area contributed by atoms with Gasteiger partial charge in [-0.2, -0.15) is 10.1 Å². The number of hydrogen-bond donors (Lipinski definition) is 2. The molecule has 0 aliphatic carbocycles. The molecule has 2 N–H and O–H groups in total. The van der Waals surface area contributed by atoms with Gasteiger partial charge >= 0.3 is 0 Å². The first-order chi connectivity index (χ1) is 13.5. The second-order valence-electron chi connectivity index (χ2n) is 7.83. The molecule has 4 aromatic rings. The fourth-order valence-electron chi connectivity index (χ4n) is 3.75. The lowest BCUT2D eigenvalue weighted by molar-refractivity contribution is 0.482. The van der Waals surface area contributed by atoms with Gasteiger partial charge in [0.1, 0.15) is 5.69 Å². The zero-order chi connectivity index (χ0) is 19.3. The molecular weight excluding hydrogens is 352 g/mol. The maximum absolute atomic E-state index is 4.66. The van der Waals surface area contributed by atoms with Gasteiger partial charge in [0, 0.05) is 49.1 Å². The maximum atomic E-state index is 4.66. The van der Waals surface area contributed by atoms with Crippen LogP contribution in [0.25, 0.3) is 16.9 Å². The third-order valence-electron chi connectivity index (χ3n) is 5.30. The Balaban J connectivity index is 1.49. The molecule has 0 saturated heterocycles. The third-order valence-corrected chi connectivity index (χ3v) is 5.30. The summed E-state index contributed by atoms with van der Waals surface area (Å²) in [4.78, 5) is 9.13. The van der Waals surface area contributed by atoms with Gasteiger partial charge < -0.3 is 10.6 Å². The van der Waals surface area contributed by atoms with Crippen molar-refractivity contribution >= 4 is 23.0 Å². The number of aryl methyl sites for hydroxylation is 1. The minimum atomic E-state index is 0.185. The van der Waals surface area contributed by atoms with Gasteiger partial charge in [-0.15, -0.1) is 5.10 Å². The number of benzene rings is 1. The van der Waals surface area contributed by atoms with E-state index in [1.165, 1.54) is 11.3 Å². The van der Waals surface area contributed by atoms with Crippen LogP contribution in [0.2, 0.25) is 0 Å². The lowest BCUT2D eigenvalue weighted by Gasteiger charge is -2.33. The van der Waals surface area contributed by atoms with Gasteiger partial charge in [-0.1, -0.05) is 19.9 Å². The van der Waals surface area contributed by atoms with E-state index in [-0.39, 0.29) is 5.41 Å². The second-order valence-corrected chi connectivity index (χ2v) is 7.83. The molecule has 0 amide bonds. The number of rotatable bonds is 3. The average molecular weight is 374 g/mol. The van der Waals surface area contributed by atoms with E-state index in [1.54, 1.807) is 27.8 Å². The smallest absolute Gasteiger partial charge is 0.247 e. The Kier molecular flexibility index (Phi) is 3.61. The molecule has 28 heavy (non-hydrogen) atoms. The summed E-state index contributed by atoms with van der Waals surface area (Å²) < 4.78 is 3.48. The Morgan fingerprint density at radius 1 is 1.25 bits per heavy atom. The van der Waals surface area contributed by atoms with Gasteiger partial charge in [0.25, 0.3) is 0 Å². The summed E-state index contributed by atoms with van der Waals surface area (Å²) in [5, 5.41) is 15.6. The Labute approximate surface area is 162 Å². The summed E-state index contributed by atoms with van der Waals surface area (Å²) in [6, 6.07) is 6.39. The highest BCUT2D eigenvalue weighted by Gasteiger charge is 2.27. The molecule has 8 heteroatoms. The van der Waals surface area contributed by atoms with Crippen molar-refractivity contribution in [2.45, 2.75) is 25.7 Å². The molecule has 3 aromatic heterocycles. The number of aromatic nitrogens is 6. The zero-order valence-electron chi connectivity index (χ0n) is 16.1. The Morgan fingerprint density at radius 3 is 2.96 bits per heavy atom. The Bertz CT molecular complexity index is 1170. The van der Waals surface area contributed by atoms with Gasteiger partial charge in [-0.3, -0.25) is 9.67 Å². The number of nitrogens with one attached hydrogen (secondary N) is 2. The molecule has 1 aromatic carbocycles. The van der Waals surface area contributed by atoms with Crippen LogP contribution in [0, 0.1) is 0 Å². The van der Waals surface area contributed by atoms with Crippen molar-refractivity contribution in [3.63, 3.8) is 0 Å². The van der Waals surface area contributed by atoms with Crippen LogP contribution >= 0.6 is 0 Å². The molecule has 0 bridgehead atoms. The molecule has 0 radical (unpaired) electrons. The van der Waals surface area contributed by atoms with Gasteiger partial charge in [-0.05, 0) is 29.5 Å². The van der Waals surface area contributed by atoms with Crippen LogP contribution < -0.4 is 10.6 Å². The van der Waals surface area contributed by atoms with Crippen molar-refractivity contribution in [1.29, 1.82) is 0 Å². The molecule has 0 unspecified atom stereocenters. The molecular formula is C20H22N8. The van der Waals surface area contributed by atoms with E-state index in [0.29, 0.717) is 11.6 Å². The van der Waals surface area contributed by atoms with Crippen LogP contribution in [0.1, 0.15) is 25.8 Å². The van der Waals surface area contributed by atoms with Crippen LogP contribution in [0.5, 0.6) is 0 Å². The van der Waals surface area contributed by atoms with Crippen LogP contribution in [0.15, 0.2) is 43.0 Å². The molecule has 0 saturated carbocycles. The number of fused-ring (bicyclic) bond motifs is 2. The first kappa shape index (κ1) is 16.7. The fourth-order valence-corrected chi connectivity index (χ4v) is 3.75. The van der Waals surface area contributed by atoms with E-state index in [0.717, 1.165) is 29.9 Å². The molecule has 0 spiro atoms. The first-order valence-electron chi connectivity index (χ1n) is 9.35. The predicted octanol–water partition coefficient (Wildman–Crippen LogP) is 3.36. The van der Waals surface area contributed by atoms with Gasteiger partial charge in [0.2, 0.25) is 5.95 Å². The summed E-state index contributed by atoms with van der Waals surface area (Å²) in [7, 11) is 1.88. The summed E-state index contributed by atoms with van der Waals surface area (Å²) in [6.45, 7) is 5.56. The van der Waals surface area contributed by atoms with E-state index < -0.39 is 0 Å². The average Bonchev–Trinajstić information content (AvgIpc) is 3.26. The Morgan fingerprint density at radius 2 is 2.14 bits per heavy atom. The van der Waals surface area contributed by atoms with E-state index in [4.69, 9.17) is 0 Å². The molecule has 5 rings (SSSR count). The third kappa shape index (κ3) is 2.77. The summed E-state index contributed by atoms with van der Waals surface area (Å²) in [6.07, 6.45) is 8.34. The van der Waals surface area contributed by atoms with Gasteiger partial charge in [0.15, 0.2) is 5.65 Å². The van der Waals surface area contributed by atoms with Crippen LogP contribution in [0.3, 0.4) is 0 Å². The minimum absolute atomic E-state index is 0.185. The van der Waals surface area contributed by atoms with Crippen molar-refractivity contribution in [2.75, 3.05) is 17.2 Å². The summed E-state index contributed by atoms with van der Waals surface area (Å²) in [5.74, 6) is 0.535. The Hall–Kier alpha value is -3.42. The number of anilines is 3. The van der Waals surface area contributed by atoms with Gasteiger partial charge in [0.05, 0.1) is 6.20 Å². The normalized spacial score (nSPS) is 15.2. The molecule has 4 heterocycles. The molecule has 1 aliphatic heterocycles. The van der Waals surface area contributed by atoms with E-state index in [2.05, 4.69) is 62.8 Å². The summed E-state index contributed by atoms with van der Waals surface area (Å²) >= 11 is 0. The fraction of sp³-hybridized carbons (Fsp3) is 0.300. The highest BCUT2D eigenvalue weighted by atomic mass is 15.4. The molecule has 0 atom stereocenters. The quantitative estimate of drug-likeness (QED) is 0.572. The second kappa shape index (κ2) is 6.05. The van der Waals surface area contributed by atoms with Crippen molar-refractivity contribution < 1.29 is 0 Å². The maximum Gasteiger partial charge on any atom is 0.247 e. The molecule has 142 valence electrons. The van der Waals surface area contributed by atoms with Crippen molar-refractivity contribution in [3.8, 4) is 11.3 Å². The van der Waals surface area contributed by atoms with Crippen LogP contribution in [-0.4, -0.2) is 35.9 Å². The van der Waals surface area contributed by atoms with Crippen molar-refractivity contribution in [3.05, 3.63) is 48.5 Å². The topological polar surface area (TPSA) is 85.0 Å². The molecule has 0 fully saturated rings. The van der Waals surface area contributed by atoms with E-state index >= 15 is 0 Å². The largest absolute Gasteiger partial charge is 0.385 e. The van der Waals surface area contributed by atoms with Crippen LogP contribution in [0.4, 0.5) is 17.3 Å². The highest BCUT2D eigenvalue weighted by molar-refractivity contribution is 5.74. The summed E-state index contributed by atoms with van der Waals surface area (Å²) in [5.41, 5.74) is 6.01. The molecule has 1 aliphatic rings. The first-order valence-corrected chi connectivity index (χ1v) is 9.35. The van der Waals surface area contributed by atoms with E-state index in [1.807, 2.05) is 13.2 Å². The highest BCUT2D eigenvalue weighted by Crippen LogP contribution is 2.38. The lowest BCUT2D eigenvalue weighted by atomic mass is 9.78. The molecule has 8 nitrogen and oxygen atoms in total. The number of hydrogen-bond acceptors (Lipinski definition) is 6. The standard InChI is InChI=1S/C20H22N8/c1-20(2)6-7-21-16-10-14(4-5-15(16)20)24-19-25-18-17(13-11-23-27(3)12-13)22-8-9-28(18)26-19/h4-5,8-12,21H,6-7H2,1-3H3,(H,24,26).